The number of alkyl carbamates (subject to hydrolysis) is 1. The molecule has 3 N–H and O–H groups in total. The smallest absolute Gasteiger partial charge is 0.408 e. The molecule has 0 aromatic heterocycles. The van der Waals surface area contributed by atoms with Crippen molar-refractivity contribution in [2.45, 2.75) is 6.61 Å². The SMILES string of the molecule is Nc1ccc([N+](=O)[O-])c(C#CCNC(=O)OCc2ccccc2)c1. The minimum absolute atomic E-state index is 0.000420. The molecule has 0 aliphatic heterocycles. The summed E-state index contributed by atoms with van der Waals surface area (Å²) < 4.78 is 5.02. The van der Waals surface area contributed by atoms with Crippen LogP contribution in [-0.4, -0.2) is 17.6 Å². The molecule has 0 saturated heterocycles. The second-order valence-electron chi connectivity index (χ2n) is 4.75. The van der Waals surface area contributed by atoms with Gasteiger partial charge in [-0.15, -0.1) is 0 Å². The summed E-state index contributed by atoms with van der Waals surface area (Å²) in [4.78, 5) is 21.9. The molecule has 7 heteroatoms. The molecular weight excluding hydrogens is 310 g/mol. The van der Waals surface area contributed by atoms with Crippen LogP contribution in [0.4, 0.5) is 16.2 Å². The van der Waals surface area contributed by atoms with Crippen LogP contribution in [0.3, 0.4) is 0 Å². The summed E-state index contributed by atoms with van der Waals surface area (Å²) in [5.41, 5.74) is 6.90. The fraction of sp³-hybridized carbons (Fsp3) is 0.118. The zero-order chi connectivity index (χ0) is 17.4. The Morgan fingerprint density at radius 2 is 2.00 bits per heavy atom. The molecular formula is C17H15N3O4. The fourth-order valence-corrected chi connectivity index (χ4v) is 1.84. The summed E-state index contributed by atoms with van der Waals surface area (Å²) >= 11 is 0. The molecule has 2 rings (SSSR count). The molecule has 0 bridgehead atoms. The van der Waals surface area contributed by atoms with E-state index in [1.165, 1.54) is 18.2 Å². The number of ether oxygens (including phenoxy) is 1. The molecule has 0 spiro atoms. The number of nitrogens with two attached hydrogens (primary N) is 1. The topological polar surface area (TPSA) is 107 Å². The van der Waals surface area contributed by atoms with Gasteiger partial charge in [-0.2, -0.15) is 0 Å². The molecule has 7 nitrogen and oxygen atoms in total. The van der Waals surface area contributed by atoms with Crippen LogP contribution in [0.25, 0.3) is 0 Å². The van der Waals surface area contributed by atoms with Crippen molar-refractivity contribution in [1.82, 2.24) is 5.32 Å². The van der Waals surface area contributed by atoms with Crippen LogP contribution in [-0.2, 0) is 11.3 Å². The lowest BCUT2D eigenvalue weighted by Gasteiger charge is -2.04. The van der Waals surface area contributed by atoms with Gasteiger partial charge >= 0.3 is 6.09 Å². The van der Waals surface area contributed by atoms with Crippen LogP contribution in [0.15, 0.2) is 48.5 Å². The summed E-state index contributed by atoms with van der Waals surface area (Å²) in [5, 5.41) is 13.4. The van der Waals surface area contributed by atoms with Crippen LogP contribution in [0.2, 0.25) is 0 Å². The third kappa shape index (κ3) is 5.03. The van der Waals surface area contributed by atoms with E-state index in [4.69, 9.17) is 10.5 Å². The largest absolute Gasteiger partial charge is 0.445 e. The number of anilines is 1. The Kier molecular flexibility index (Phi) is 5.75. The highest BCUT2D eigenvalue weighted by Gasteiger charge is 2.11. The van der Waals surface area contributed by atoms with Crippen molar-refractivity contribution in [1.29, 1.82) is 0 Å². The lowest BCUT2D eigenvalue weighted by Crippen LogP contribution is -2.24. The zero-order valence-electron chi connectivity index (χ0n) is 12.7. The minimum atomic E-state index is -0.616. The number of hydrogen-bond donors (Lipinski definition) is 2. The molecule has 122 valence electrons. The Bertz CT molecular complexity index is 794. The summed E-state index contributed by atoms with van der Waals surface area (Å²) in [6, 6.07) is 13.4. The van der Waals surface area contributed by atoms with Crippen molar-refractivity contribution in [2.24, 2.45) is 0 Å². The molecule has 0 fully saturated rings. The molecule has 0 aliphatic carbocycles. The maximum atomic E-state index is 11.5. The van der Waals surface area contributed by atoms with Gasteiger partial charge < -0.3 is 15.8 Å². The number of hydrogen-bond acceptors (Lipinski definition) is 5. The van der Waals surface area contributed by atoms with Crippen LogP contribution in [0.5, 0.6) is 0 Å². The molecule has 0 atom stereocenters. The highest BCUT2D eigenvalue weighted by atomic mass is 16.6. The number of rotatable bonds is 4. The van der Waals surface area contributed by atoms with E-state index in [9.17, 15) is 14.9 Å². The van der Waals surface area contributed by atoms with E-state index in [2.05, 4.69) is 17.2 Å². The van der Waals surface area contributed by atoms with E-state index >= 15 is 0 Å². The van der Waals surface area contributed by atoms with Gasteiger partial charge in [0.05, 0.1) is 11.5 Å². The van der Waals surface area contributed by atoms with Gasteiger partial charge in [-0.05, 0) is 17.7 Å². The lowest BCUT2D eigenvalue weighted by atomic mass is 10.1. The van der Waals surface area contributed by atoms with Crippen molar-refractivity contribution >= 4 is 17.5 Å². The third-order valence-electron chi connectivity index (χ3n) is 2.97. The number of nitrogens with one attached hydrogen (secondary N) is 1. The summed E-state index contributed by atoms with van der Waals surface area (Å²) in [6.45, 7) is 0.153. The van der Waals surface area contributed by atoms with E-state index in [1.807, 2.05) is 30.3 Å². The van der Waals surface area contributed by atoms with Gasteiger partial charge in [-0.3, -0.25) is 10.1 Å². The Morgan fingerprint density at radius 3 is 2.71 bits per heavy atom. The Morgan fingerprint density at radius 1 is 1.25 bits per heavy atom. The Hall–Kier alpha value is -3.53. The average Bonchev–Trinajstić information content (AvgIpc) is 2.57. The van der Waals surface area contributed by atoms with Crippen molar-refractivity contribution in [3.63, 3.8) is 0 Å². The lowest BCUT2D eigenvalue weighted by molar-refractivity contribution is -0.385. The number of nitrogen functional groups attached to an aromatic ring is 1. The summed E-state index contributed by atoms with van der Waals surface area (Å²) in [5.74, 6) is 5.25. The molecule has 2 aromatic rings. The van der Waals surface area contributed by atoms with Gasteiger partial charge in [0.2, 0.25) is 0 Å². The number of nitro benzene ring substituents is 1. The summed E-state index contributed by atoms with van der Waals surface area (Å²) in [6.07, 6.45) is -0.616. The second kappa shape index (κ2) is 8.19. The quantitative estimate of drug-likeness (QED) is 0.388. The number of carbonyl (C=O) groups excluding carboxylic acids is 1. The number of nitrogens with zero attached hydrogens (tertiary/aromatic N) is 1. The third-order valence-corrected chi connectivity index (χ3v) is 2.97. The Balaban J connectivity index is 1.86. The van der Waals surface area contributed by atoms with Crippen molar-refractivity contribution in [2.75, 3.05) is 12.3 Å². The normalized spacial score (nSPS) is 9.50. The van der Waals surface area contributed by atoms with Gasteiger partial charge in [0.15, 0.2) is 0 Å². The van der Waals surface area contributed by atoms with Gasteiger partial charge in [-0.25, -0.2) is 4.79 Å². The number of amides is 1. The first-order chi connectivity index (χ1) is 11.6. The van der Waals surface area contributed by atoms with Gasteiger partial charge in [0, 0.05) is 11.8 Å². The van der Waals surface area contributed by atoms with E-state index in [0.29, 0.717) is 5.69 Å². The van der Waals surface area contributed by atoms with Crippen LogP contribution >= 0.6 is 0 Å². The van der Waals surface area contributed by atoms with Crippen molar-refractivity contribution in [3.05, 3.63) is 69.8 Å². The monoisotopic (exact) mass is 325 g/mol. The average molecular weight is 325 g/mol. The number of nitro groups is 1. The summed E-state index contributed by atoms with van der Waals surface area (Å²) in [7, 11) is 0. The highest BCUT2D eigenvalue weighted by Crippen LogP contribution is 2.19. The van der Waals surface area contributed by atoms with E-state index in [1.54, 1.807) is 0 Å². The maximum Gasteiger partial charge on any atom is 0.408 e. The first kappa shape index (κ1) is 16.8. The van der Waals surface area contributed by atoms with Crippen molar-refractivity contribution in [3.8, 4) is 11.8 Å². The molecule has 0 radical (unpaired) electrons. The molecule has 24 heavy (non-hydrogen) atoms. The van der Waals surface area contributed by atoms with Gasteiger partial charge in [0.25, 0.3) is 5.69 Å². The van der Waals surface area contributed by atoms with Crippen LogP contribution in [0, 0.1) is 22.0 Å². The first-order valence-corrected chi connectivity index (χ1v) is 7.03. The molecule has 0 saturated carbocycles. The standard InChI is InChI=1S/C17H15N3O4/c18-15-8-9-16(20(22)23)14(11-15)7-4-10-19-17(21)24-12-13-5-2-1-3-6-13/h1-3,5-6,8-9,11H,10,12,18H2,(H,19,21). The fourth-order valence-electron chi connectivity index (χ4n) is 1.84. The predicted molar refractivity (Wildman–Crippen MR) is 89.0 cm³/mol. The number of carbonyl (C=O) groups is 1. The first-order valence-electron chi connectivity index (χ1n) is 7.03. The predicted octanol–water partition coefficient (Wildman–Crippen LogP) is 2.45. The second-order valence-corrected chi connectivity index (χ2v) is 4.75. The highest BCUT2D eigenvalue weighted by molar-refractivity contribution is 5.67. The molecule has 0 unspecified atom stereocenters. The van der Waals surface area contributed by atoms with E-state index in [0.717, 1.165) is 5.56 Å². The molecule has 2 aromatic carbocycles. The zero-order valence-corrected chi connectivity index (χ0v) is 12.7. The van der Waals surface area contributed by atoms with Crippen molar-refractivity contribution < 1.29 is 14.5 Å². The Labute approximate surface area is 138 Å². The molecule has 1 amide bonds. The molecule has 0 heterocycles. The maximum absolute atomic E-state index is 11.5. The van der Waals surface area contributed by atoms with Crippen LogP contribution < -0.4 is 11.1 Å². The molecule has 0 aliphatic rings. The number of benzene rings is 2. The van der Waals surface area contributed by atoms with Crippen LogP contribution in [0.1, 0.15) is 11.1 Å². The minimum Gasteiger partial charge on any atom is -0.445 e. The van der Waals surface area contributed by atoms with Gasteiger partial charge in [0.1, 0.15) is 12.2 Å². The van der Waals surface area contributed by atoms with E-state index < -0.39 is 11.0 Å². The van der Waals surface area contributed by atoms with Gasteiger partial charge in [-0.1, -0.05) is 42.2 Å². The van der Waals surface area contributed by atoms with E-state index in [-0.39, 0.29) is 24.4 Å².